The normalized spacial score (nSPS) is 15.6. The molecule has 3 heterocycles. The topological polar surface area (TPSA) is 76.2 Å². The number of hydrogen-bond donors (Lipinski definition) is 1. The lowest BCUT2D eigenvalue weighted by Gasteiger charge is -2.32. The van der Waals surface area contributed by atoms with E-state index in [4.69, 9.17) is 4.52 Å². The summed E-state index contributed by atoms with van der Waals surface area (Å²) in [5.41, 5.74) is 4.04. The number of carbonyl (C=O) groups is 1. The molecule has 0 unspecified atom stereocenters. The smallest absolute Gasteiger partial charge is 0.257 e. The van der Waals surface area contributed by atoms with Crippen molar-refractivity contribution in [2.75, 3.05) is 13.1 Å². The highest BCUT2D eigenvalue weighted by Crippen LogP contribution is 2.27. The molecule has 0 bridgehead atoms. The Labute approximate surface area is 170 Å². The second kappa shape index (κ2) is 8.21. The van der Waals surface area contributed by atoms with E-state index in [1.54, 1.807) is 11.6 Å². The molecule has 29 heavy (non-hydrogen) atoms. The molecule has 3 aromatic rings. The van der Waals surface area contributed by atoms with Gasteiger partial charge in [-0.25, -0.2) is 0 Å². The van der Waals surface area contributed by atoms with Crippen molar-refractivity contribution in [3.63, 3.8) is 0 Å². The highest BCUT2D eigenvalue weighted by Gasteiger charge is 2.27. The van der Waals surface area contributed by atoms with Crippen LogP contribution >= 0.6 is 0 Å². The number of amides is 1. The van der Waals surface area contributed by atoms with Crippen LogP contribution in [0.2, 0.25) is 0 Å². The molecular weight excluding hydrogens is 366 g/mol. The highest BCUT2D eigenvalue weighted by atomic mass is 16.5. The lowest BCUT2D eigenvalue weighted by Crippen LogP contribution is -2.44. The van der Waals surface area contributed by atoms with Crippen molar-refractivity contribution in [2.45, 2.75) is 39.3 Å². The van der Waals surface area contributed by atoms with Crippen molar-refractivity contribution >= 4 is 5.91 Å². The molecule has 7 nitrogen and oxygen atoms in total. The largest absolute Gasteiger partial charge is 0.360 e. The highest BCUT2D eigenvalue weighted by molar-refractivity contribution is 6.01. The zero-order valence-electron chi connectivity index (χ0n) is 17.2. The summed E-state index contributed by atoms with van der Waals surface area (Å²) in [6, 6.07) is 10.7. The van der Waals surface area contributed by atoms with E-state index in [-0.39, 0.29) is 11.9 Å². The van der Waals surface area contributed by atoms with Gasteiger partial charge in [0.1, 0.15) is 17.0 Å². The molecule has 1 aliphatic heterocycles. The van der Waals surface area contributed by atoms with E-state index in [1.165, 1.54) is 5.56 Å². The molecule has 152 valence electrons. The first-order chi connectivity index (χ1) is 14.0. The van der Waals surface area contributed by atoms with Gasteiger partial charge in [-0.3, -0.25) is 14.4 Å². The first-order valence-electron chi connectivity index (χ1n) is 10.1. The van der Waals surface area contributed by atoms with Crippen LogP contribution in [0.5, 0.6) is 0 Å². The molecule has 0 spiro atoms. The Kier molecular flexibility index (Phi) is 5.49. The van der Waals surface area contributed by atoms with Gasteiger partial charge in [0.25, 0.3) is 5.91 Å². The molecule has 4 rings (SSSR count). The summed E-state index contributed by atoms with van der Waals surface area (Å²) < 4.78 is 7.07. The van der Waals surface area contributed by atoms with E-state index in [0.29, 0.717) is 17.0 Å². The van der Waals surface area contributed by atoms with Crippen LogP contribution in [-0.2, 0) is 13.6 Å². The van der Waals surface area contributed by atoms with Crippen LogP contribution in [-0.4, -0.2) is 44.9 Å². The monoisotopic (exact) mass is 393 g/mol. The van der Waals surface area contributed by atoms with Crippen LogP contribution in [0.25, 0.3) is 11.3 Å². The third-order valence-electron chi connectivity index (χ3n) is 5.53. The molecule has 0 saturated carbocycles. The molecule has 1 amide bonds. The van der Waals surface area contributed by atoms with Crippen LogP contribution < -0.4 is 5.32 Å². The molecule has 1 fully saturated rings. The molecule has 1 saturated heterocycles. The van der Waals surface area contributed by atoms with Gasteiger partial charge >= 0.3 is 0 Å². The van der Waals surface area contributed by atoms with Crippen LogP contribution in [0, 0.1) is 13.8 Å². The molecule has 1 N–H and O–H groups in total. The van der Waals surface area contributed by atoms with Crippen molar-refractivity contribution in [2.24, 2.45) is 7.05 Å². The predicted molar refractivity (Wildman–Crippen MR) is 110 cm³/mol. The molecule has 0 atom stereocenters. The molecule has 2 aromatic heterocycles. The fraction of sp³-hybridized carbons (Fsp3) is 0.409. The maximum atomic E-state index is 13.0. The van der Waals surface area contributed by atoms with Crippen molar-refractivity contribution in [3.8, 4) is 11.3 Å². The summed E-state index contributed by atoms with van der Waals surface area (Å²) in [4.78, 5) is 15.5. The average Bonchev–Trinajstić information content (AvgIpc) is 3.25. The van der Waals surface area contributed by atoms with E-state index in [1.807, 2.05) is 26.2 Å². The van der Waals surface area contributed by atoms with Crippen molar-refractivity contribution in [1.29, 1.82) is 0 Å². The van der Waals surface area contributed by atoms with E-state index in [0.717, 1.165) is 43.7 Å². The maximum Gasteiger partial charge on any atom is 0.257 e. The third-order valence-corrected chi connectivity index (χ3v) is 5.53. The number of carbonyl (C=O) groups excluding carboxylic acids is 1. The number of nitrogens with zero attached hydrogens (tertiary/aromatic N) is 4. The van der Waals surface area contributed by atoms with Gasteiger partial charge in [-0.2, -0.15) is 5.10 Å². The minimum absolute atomic E-state index is 0.122. The Hall–Kier alpha value is -2.93. The van der Waals surface area contributed by atoms with E-state index >= 15 is 0 Å². The number of nitrogens with one attached hydrogen (secondary N) is 1. The zero-order chi connectivity index (χ0) is 20.4. The first kappa shape index (κ1) is 19.4. The predicted octanol–water partition coefficient (Wildman–Crippen LogP) is 3.09. The van der Waals surface area contributed by atoms with E-state index in [9.17, 15) is 4.79 Å². The molecule has 7 heteroatoms. The summed E-state index contributed by atoms with van der Waals surface area (Å²) in [5, 5.41) is 11.7. The Bertz CT molecular complexity index is 984. The number of aryl methyl sites for hydroxylation is 3. The van der Waals surface area contributed by atoms with Gasteiger partial charge < -0.3 is 9.84 Å². The second-order valence-electron chi connectivity index (χ2n) is 7.77. The van der Waals surface area contributed by atoms with E-state index in [2.05, 4.69) is 44.7 Å². The Balaban J connectivity index is 1.40. The summed E-state index contributed by atoms with van der Waals surface area (Å²) in [5.74, 6) is 0.408. The van der Waals surface area contributed by atoms with E-state index < -0.39 is 0 Å². The first-order valence-corrected chi connectivity index (χ1v) is 10.1. The summed E-state index contributed by atoms with van der Waals surface area (Å²) in [6.45, 7) is 6.58. The average molecular weight is 393 g/mol. The van der Waals surface area contributed by atoms with Gasteiger partial charge in [-0.15, -0.1) is 0 Å². The molecule has 1 aromatic carbocycles. The van der Waals surface area contributed by atoms with Crippen molar-refractivity contribution in [3.05, 3.63) is 59.1 Å². The quantitative estimate of drug-likeness (QED) is 0.721. The van der Waals surface area contributed by atoms with Gasteiger partial charge in [0.2, 0.25) is 0 Å². The Morgan fingerprint density at radius 2 is 1.93 bits per heavy atom. The fourth-order valence-corrected chi connectivity index (χ4v) is 3.99. The molecule has 0 radical (unpaired) electrons. The summed E-state index contributed by atoms with van der Waals surface area (Å²) in [6.07, 6.45) is 3.74. The number of likely N-dealkylation sites (tertiary alicyclic amines) is 1. The third kappa shape index (κ3) is 4.24. The van der Waals surface area contributed by atoms with Crippen molar-refractivity contribution < 1.29 is 9.32 Å². The van der Waals surface area contributed by atoms with Gasteiger partial charge in [0, 0.05) is 44.5 Å². The molecular formula is C22H27N5O2. The minimum Gasteiger partial charge on any atom is -0.360 e. The van der Waals surface area contributed by atoms with Gasteiger partial charge in [-0.1, -0.05) is 35.5 Å². The Morgan fingerprint density at radius 3 is 2.59 bits per heavy atom. The SMILES string of the molecule is Cc1nn(C)cc1-c1noc(C)c1C(=O)NC1CCN(Cc2ccccc2)CC1. The number of rotatable bonds is 5. The number of benzene rings is 1. The minimum atomic E-state index is -0.122. The second-order valence-corrected chi connectivity index (χ2v) is 7.77. The summed E-state index contributed by atoms with van der Waals surface area (Å²) in [7, 11) is 1.85. The molecule has 1 aliphatic rings. The fourth-order valence-electron chi connectivity index (χ4n) is 3.99. The van der Waals surface area contributed by atoms with Crippen LogP contribution in [0.4, 0.5) is 0 Å². The van der Waals surface area contributed by atoms with Crippen LogP contribution in [0.3, 0.4) is 0 Å². The lowest BCUT2D eigenvalue weighted by atomic mass is 10.0. The number of piperidine rings is 1. The van der Waals surface area contributed by atoms with Crippen LogP contribution in [0.15, 0.2) is 41.1 Å². The lowest BCUT2D eigenvalue weighted by molar-refractivity contribution is 0.0908. The standard InChI is InChI=1S/C22H27N5O2/c1-15-19(14-26(3)24-15)21-20(16(2)29-25-21)22(28)23-18-9-11-27(12-10-18)13-17-7-5-4-6-8-17/h4-8,14,18H,9-13H2,1-3H3,(H,23,28). The maximum absolute atomic E-state index is 13.0. The van der Waals surface area contributed by atoms with Crippen molar-refractivity contribution in [1.82, 2.24) is 25.2 Å². The van der Waals surface area contributed by atoms with Crippen LogP contribution in [0.1, 0.15) is 40.2 Å². The Morgan fingerprint density at radius 1 is 1.21 bits per heavy atom. The molecule has 0 aliphatic carbocycles. The van der Waals surface area contributed by atoms with Gasteiger partial charge in [-0.05, 0) is 32.3 Å². The number of hydrogen-bond acceptors (Lipinski definition) is 5. The van der Waals surface area contributed by atoms with Gasteiger partial charge in [0.15, 0.2) is 0 Å². The van der Waals surface area contributed by atoms with Gasteiger partial charge in [0.05, 0.1) is 5.69 Å². The number of aromatic nitrogens is 3. The zero-order valence-corrected chi connectivity index (χ0v) is 17.2. The summed E-state index contributed by atoms with van der Waals surface area (Å²) >= 11 is 0.